The molecular weight excluding hydrogens is 200 g/mol. The Hall–Kier alpha value is -0.870. The summed E-state index contributed by atoms with van der Waals surface area (Å²) in [5.41, 5.74) is 6.98. The second kappa shape index (κ2) is 4.97. The molecule has 1 aliphatic carbocycles. The van der Waals surface area contributed by atoms with Gasteiger partial charge in [0.15, 0.2) is 0 Å². The Morgan fingerprint density at radius 1 is 1.62 bits per heavy atom. The van der Waals surface area contributed by atoms with E-state index in [1.54, 1.807) is 0 Å². The third kappa shape index (κ3) is 2.62. The molecule has 1 aromatic rings. The van der Waals surface area contributed by atoms with Gasteiger partial charge in [-0.2, -0.15) is 0 Å². The van der Waals surface area contributed by atoms with Crippen LogP contribution < -0.4 is 11.1 Å². The van der Waals surface area contributed by atoms with Crippen molar-refractivity contribution in [2.75, 3.05) is 13.1 Å². The maximum Gasteiger partial charge on any atom is 0.0946 e. The van der Waals surface area contributed by atoms with Gasteiger partial charge < -0.3 is 15.6 Å². The molecular formula is C12H22N4. The Bertz CT molecular complexity index is 330. The highest BCUT2D eigenvalue weighted by Crippen LogP contribution is 2.36. The minimum atomic E-state index is 0.230. The third-order valence-corrected chi connectivity index (χ3v) is 3.56. The molecule has 0 spiro atoms. The number of nitrogens with one attached hydrogen (secondary N) is 1. The van der Waals surface area contributed by atoms with E-state index in [1.807, 2.05) is 24.1 Å². The van der Waals surface area contributed by atoms with Crippen molar-refractivity contribution in [2.45, 2.75) is 25.8 Å². The highest BCUT2D eigenvalue weighted by Gasteiger charge is 2.28. The summed E-state index contributed by atoms with van der Waals surface area (Å²) in [5.74, 6) is 1.71. The predicted octanol–water partition coefficient (Wildman–Crippen LogP) is 1.06. The lowest BCUT2D eigenvalue weighted by Gasteiger charge is -2.20. The Balaban J connectivity index is 1.87. The minimum absolute atomic E-state index is 0.230. The van der Waals surface area contributed by atoms with Gasteiger partial charge in [-0.05, 0) is 31.2 Å². The van der Waals surface area contributed by atoms with Gasteiger partial charge in [0.05, 0.1) is 18.1 Å². The van der Waals surface area contributed by atoms with Gasteiger partial charge in [-0.1, -0.05) is 6.92 Å². The van der Waals surface area contributed by atoms with Gasteiger partial charge >= 0.3 is 0 Å². The van der Waals surface area contributed by atoms with Crippen molar-refractivity contribution in [3.05, 3.63) is 18.2 Å². The van der Waals surface area contributed by atoms with E-state index < -0.39 is 0 Å². The molecule has 0 aliphatic heterocycles. The van der Waals surface area contributed by atoms with Gasteiger partial charge in [0.2, 0.25) is 0 Å². The van der Waals surface area contributed by atoms with E-state index >= 15 is 0 Å². The van der Waals surface area contributed by atoms with Crippen LogP contribution in [0.2, 0.25) is 0 Å². The Labute approximate surface area is 97.2 Å². The lowest BCUT2D eigenvalue weighted by Crippen LogP contribution is -2.33. The number of nitrogens with zero attached hydrogens (tertiary/aromatic N) is 2. The van der Waals surface area contributed by atoms with Crippen molar-refractivity contribution in [3.63, 3.8) is 0 Å². The summed E-state index contributed by atoms with van der Waals surface area (Å²) in [6.07, 6.45) is 6.53. The molecule has 2 rings (SSSR count). The molecule has 0 radical (unpaired) electrons. The quantitative estimate of drug-likeness (QED) is 0.756. The van der Waals surface area contributed by atoms with Crippen molar-refractivity contribution in [2.24, 2.45) is 24.6 Å². The summed E-state index contributed by atoms with van der Waals surface area (Å²) in [7, 11) is 2.01. The third-order valence-electron chi connectivity index (χ3n) is 3.56. The van der Waals surface area contributed by atoms with E-state index in [-0.39, 0.29) is 6.04 Å². The first-order chi connectivity index (χ1) is 7.72. The number of aromatic nitrogens is 2. The summed E-state index contributed by atoms with van der Waals surface area (Å²) >= 11 is 0. The average molecular weight is 222 g/mol. The first-order valence-corrected chi connectivity index (χ1v) is 6.12. The van der Waals surface area contributed by atoms with Crippen LogP contribution in [0.3, 0.4) is 0 Å². The van der Waals surface area contributed by atoms with Gasteiger partial charge in [-0.3, -0.25) is 0 Å². The number of aryl methyl sites for hydroxylation is 1. The van der Waals surface area contributed by atoms with Crippen LogP contribution >= 0.6 is 0 Å². The predicted molar refractivity (Wildman–Crippen MR) is 64.9 cm³/mol. The van der Waals surface area contributed by atoms with Crippen molar-refractivity contribution < 1.29 is 0 Å². The maximum absolute atomic E-state index is 5.81. The molecule has 1 heterocycles. The highest BCUT2D eigenvalue weighted by molar-refractivity contribution is 5.05. The van der Waals surface area contributed by atoms with Crippen LogP contribution in [-0.2, 0) is 7.05 Å². The maximum atomic E-state index is 5.81. The van der Waals surface area contributed by atoms with Crippen LogP contribution in [0, 0.1) is 11.8 Å². The van der Waals surface area contributed by atoms with Crippen molar-refractivity contribution in [3.8, 4) is 0 Å². The molecule has 0 aromatic carbocycles. The van der Waals surface area contributed by atoms with Gasteiger partial charge in [-0.15, -0.1) is 0 Å². The Kier molecular flexibility index (Phi) is 3.61. The fourth-order valence-electron chi connectivity index (χ4n) is 2.17. The second-order valence-electron chi connectivity index (χ2n) is 4.94. The molecule has 90 valence electrons. The van der Waals surface area contributed by atoms with Gasteiger partial charge in [0, 0.05) is 19.8 Å². The summed E-state index contributed by atoms with van der Waals surface area (Å²) in [4.78, 5) is 4.13. The molecule has 0 saturated heterocycles. The van der Waals surface area contributed by atoms with Crippen LogP contribution in [0.1, 0.15) is 31.5 Å². The first-order valence-electron chi connectivity index (χ1n) is 6.12. The normalized spacial score (nSPS) is 19.7. The summed E-state index contributed by atoms with van der Waals surface area (Å²) in [6.45, 7) is 4.00. The van der Waals surface area contributed by atoms with Crippen LogP contribution in [-0.4, -0.2) is 22.6 Å². The van der Waals surface area contributed by atoms with Gasteiger partial charge in [0.25, 0.3) is 0 Å². The van der Waals surface area contributed by atoms with E-state index in [2.05, 4.69) is 17.2 Å². The standard InChI is InChI=1S/C12H22N4/c1-9(10-3-4-10)6-15-11(5-13)12-7-14-8-16(12)2/h7-11,15H,3-6,13H2,1-2H3. The molecule has 2 unspecified atom stereocenters. The monoisotopic (exact) mass is 222 g/mol. The minimum Gasteiger partial charge on any atom is -0.336 e. The zero-order chi connectivity index (χ0) is 11.5. The zero-order valence-electron chi connectivity index (χ0n) is 10.2. The van der Waals surface area contributed by atoms with Crippen LogP contribution in [0.15, 0.2) is 12.5 Å². The summed E-state index contributed by atoms with van der Waals surface area (Å²) in [6, 6.07) is 0.230. The molecule has 1 aliphatic rings. The van der Waals surface area contributed by atoms with E-state index in [0.29, 0.717) is 6.54 Å². The molecule has 0 bridgehead atoms. The van der Waals surface area contributed by atoms with Crippen molar-refractivity contribution in [1.82, 2.24) is 14.9 Å². The molecule has 3 N–H and O–H groups in total. The number of rotatable bonds is 6. The largest absolute Gasteiger partial charge is 0.336 e. The van der Waals surface area contributed by atoms with Crippen LogP contribution in [0.25, 0.3) is 0 Å². The van der Waals surface area contributed by atoms with E-state index in [1.165, 1.54) is 18.5 Å². The molecule has 1 fully saturated rings. The molecule has 1 aromatic heterocycles. The van der Waals surface area contributed by atoms with E-state index in [4.69, 9.17) is 5.73 Å². The first kappa shape index (κ1) is 11.6. The van der Waals surface area contributed by atoms with Crippen molar-refractivity contribution >= 4 is 0 Å². The molecule has 2 atom stereocenters. The van der Waals surface area contributed by atoms with E-state index in [0.717, 1.165) is 18.4 Å². The zero-order valence-corrected chi connectivity index (χ0v) is 10.2. The lowest BCUT2D eigenvalue weighted by molar-refractivity contribution is 0.414. The fourth-order valence-corrected chi connectivity index (χ4v) is 2.17. The lowest BCUT2D eigenvalue weighted by atomic mass is 10.1. The summed E-state index contributed by atoms with van der Waals surface area (Å²) in [5, 5.41) is 3.55. The summed E-state index contributed by atoms with van der Waals surface area (Å²) < 4.78 is 2.03. The Morgan fingerprint density at radius 3 is 2.88 bits per heavy atom. The SMILES string of the molecule is CC(CNC(CN)c1cncn1C)C1CC1. The molecule has 4 nitrogen and oxygen atoms in total. The average Bonchev–Trinajstić information content (AvgIpc) is 3.04. The number of imidazole rings is 1. The van der Waals surface area contributed by atoms with Crippen LogP contribution in [0.4, 0.5) is 0 Å². The number of nitrogens with two attached hydrogens (primary N) is 1. The molecule has 1 saturated carbocycles. The number of hydrogen-bond donors (Lipinski definition) is 2. The fraction of sp³-hybridized carbons (Fsp3) is 0.750. The van der Waals surface area contributed by atoms with Crippen LogP contribution in [0.5, 0.6) is 0 Å². The number of hydrogen-bond acceptors (Lipinski definition) is 3. The smallest absolute Gasteiger partial charge is 0.0946 e. The molecule has 16 heavy (non-hydrogen) atoms. The van der Waals surface area contributed by atoms with Gasteiger partial charge in [-0.25, -0.2) is 4.98 Å². The second-order valence-corrected chi connectivity index (χ2v) is 4.94. The topological polar surface area (TPSA) is 55.9 Å². The highest BCUT2D eigenvalue weighted by atomic mass is 15.1. The van der Waals surface area contributed by atoms with Crippen molar-refractivity contribution in [1.29, 1.82) is 0 Å². The molecule has 4 heteroatoms. The van der Waals surface area contributed by atoms with E-state index in [9.17, 15) is 0 Å². The Morgan fingerprint density at radius 2 is 2.38 bits per heavy atom. The molecule has 0 amide bonds. The van der Waals surface area contributed by atoms with Gasteiger partial charge in [0.1, 0.15) is 0 Å².